The van der Waals surface area contributed by atoms with Gasteiger partial charge in [0.05, 0.1) is 0 Å². The molecule has 1 aliphatic heterocycles. The number of carbonyl (C=O) groups is 1. The van der Waals surface area contributed by atoms with Gasteiger partial charge in [-0.25, -0.2) is 0 Å². The van der Waals surface area contributed by atoms with Crippen molar-refractivity contribution in [3.05, 3.63) is 29.8 Å². The van der Waals surface area contributed by atoms with Crippen molar-refractivity contribution in [2.24, 2.45) is 0 Å². The van der Waals surface area contributed by atoms with Crippen molar-refractivity contribution < 1.29 is 9.00 Å². The van der Waals surface area contributed by atoms with Crippen molar-refractivity contribution in [3.63, 3.8) is 0 Å². The summed E-state index contributed by atoms with van der Waals surface area (Å²) in [6.07, 6.45) is 3.64. The molecule has 0 aliphatic carbocycles. The van der Waals surface area contributed by atoms with Crippen LogP contribution in [-0.2, 0) is 10.8 Å². The van der Waals surface area contributed by atoms with Crippen LogP contribution in [-0.4, -0.2) is 46.4 Å². The molecular formula is C16H24N2O2S. The fourth-order valence-corrected chi connectivity index (χ4v) is 3.15. The number of carbonyl (C=O) groups excluding carboxylic acids is 1. The summed E-state index contributed by atoms with van der Waals surface area (Å²) in [7, 11) is -1.00. The van der Waals surface area contributed by atoms with Crippen LogP contribution in [0.25, 0.3) is 0 Å². The number of amides is 1. The molecular weight excluding hydrogens is 284 g/mol. The summed E-state index contributed by atoms with van der Waals surface area (Å²) in [5.74, 6) is -0.0357. The molecule has 1 heterocycles. The molecule has 1 fully saturated rings. The summed E-state index contributed by atoms with van der Waals surface area (Å²) in [5, 5.41) is 3.10. The third-order valence-corrected chi connectivity index (χ3v) is 4.98. The molecule has 1 amide bonds. The molecule has 2 rings (SSSR count). The largest absolute Gasteiger partial charge is 0.349 e. The van der Waals surface area contributed by atoms with E-state index < -0.39 is 10.8 Å². The number of likely N-dealkylation sites (tertiary alicyclic amines) is 1. The Labute approximate surface area is 129 Å². The average molecular weight is 308 g/mol. The molecule has 0 unspecified atom stereocenters. The summed E-state index contributed by atoms with van der Waals surface area (Å²) in [5.41, 5.74) is 0.635. The number of rotatable bonds is 4. The Morgan fingerprint density at radius 3 is 2.29 bits per heavy atom. The number of benzene rings is 1. The van der Waals surface area contributed by atoms with Crippen LogP contribution in [0.15, 0.2) is 29.2 Å². The number of nitrogens with zero attached hydrogens (tertiary/aromatic N) is 1. The van der Waals surface area contributed by atoms with Gasteiger partial charge in [0.2, 0.25) is 0 Å². The van der Waals surface area contributed by atoms with E-state index in [0.717, 1.165) is 30.8 Å². The SMILES string of the molecule is CC(C)N1CCC(NC(=O)c2ccc([S@@](C)=O)cc2)CC1. The molecule has 5 heteroatoms. The van der Waals surface area contributed by atoms with Crippen LogP contribution in [0.1, 0.15) is 37.0 Å². The first kappa shape index (κ1) is 16.2. The summed E-state index contributed by atoms with van der Waals surface area (Å²) >= 11 is 0. The minimum absolute atomic E-state index is 0.0357. The van der Waals surface area contributed by atoms with E-state index in [1.807, 2.05) is 0 Å². The van der Waals surface area contributed by atoms with E-state index in [2.05, 4.69) is 24.1 Å². The quantitative estimate of drug-likeness (QED) is 0.926. The molecule has 1 atom stereocenters. The van der Waals surface area contributed by atoms with Crippen LogP contribution in [0.4, 0.5) is 0 Å². The second-order valence-electron chi connectivity index (χ2n) is 5.86. The summed E-state index contributed by atoms with van der Waals surface area (Å²) < 4.78 is 11.3. The first-order valence-corrected chi connectivity index (χ1v) is 9.01. The van der Waals surface area contributed by atoms with Crippen LogP contribution in [0, 0.1) is 0 Å². The molecule has 0 radical (unpaired) electrons. The van der Waals surface area contributed by atoms with Crippen molar-refractivity contribution in [3.8, 4) is 0 Å². The van der Waals surface area contributed by atoms with Crippen LogP contribution in [0.3, 0.4) is 0 Å². The molecule has 0 aromatic heterocycles. The van der Waals surface area contributed by atoms with Gasteiger partial charge >= 0.3 is 0 Å². The van der Waals surface area contributed by atoms with E-state index in [1.54, 1.807) is 30.5 Å². The van der Waals surface area contributed by atoms with Gasteiger partial charge in [-0.1, -0.05) is 0 Å². The highest BCUT2D eigenvalue weighted by Gasteiger charge is 2.22. The van der Waals surface area contributed by atoms with Gasteiger partial charge in [0, 0.05) is 52.7 Å². The predicted molar refractivity (Wildman–Crippen MR) is 86.0 cm³/mol. The van der Waals surface area contributed by atoms with Gasteiger partial charge in [0.1, 0.15) is 0 Å². The maximum Gasteiger partial charge on any atom is 0.251 e. The molecule has 21 heavy (non-hydrogen) atoms. The lowest BCUT2D eigenvalue weighted by molar-refractivity contribution is 0.0900. The molecule has 4 nitrogen and oxygen atoms in total. The van der Waals surface area contributed by atoms with Crippen molar-refractivity contribution in [1.29, 1.82) is 0 Å². The number of nitrogens with one attached hydrogen (secondary N) is 1. The molecule has 1 saturated heterocycles. The Hall–Kier alpha value is -1.20. The van der Waals surface area contributed by atoms with Gasteiger partial charge in [-0.2, -0.15) is 0 Å². The van der Waals surface area contributed by atoms with Gasteiger partial charge in [-0.15, -0.1) is 0 Å². The third-order valence-electron chi connectivity index (χ3n) is 4.04. The molecule has 1 aliphatic rings. The molecule has 0 spiro atoms. The zero-order valence-electron chi connectivity index (χ0n) is 13.0. The van der Waals surface area contributed by atoms with Crippen molar-refractivity contribution >= 4 is 16.7 Å². The molecule has 1 N–H and O–H groups in total. The molecule has 0 bridgehead atoms. The van der Waals surface area contributed by atoms with Crippen LogP contribution >= 0.6 is 0 Å². The van der Waals surface area contributed by atoms with E-state index in [-0.39, 0.29) is 11.9 Å². The van der Waals surface area contributed by atoms with Gasteiger partial charge in [-0.05, 0) is 51.0 Å². The second kappa shape index (κ2) is 7.18. The topological polar surface area (TPSA) is 49.4 Å². The lowest BCUT2D eigenvalue weighted by Crippen LogP contribution is -2.46. The van der Waals surface area contributed by atoms with Gasteiger partial charge in [-0.3, -0.25) is 9.00 Å². The number of hydrogen-bond donors (Lipinski definition) is 1. The lowest BCUT2D eigenvalue weighted by Gasteiger charge is -2.34. The lowest BCUT2D eigenvalue weighted by atomic mass is 10.0. The Kier molecular flexibility index (Phi) is 5.53. The minimum Gasteiger partial charge on any atom is -0.349 e. The molecule has 1 aromatic rings. The number of hydrogen-bond acceptors (Lipinski definition) is 3. The molecule has 1 aromatic carbocycles. The minimum atomic E-state index is -1.00. The summed E-state index contributed by atoms with van der Waals surface area (Å²) in [4.78, 5) is 15.4. The molecule has 0 saturated carbocycles. The standard InChI is InChI=1S/C16H24N2O2S/c1-12(2)18-10-8-14(9-11-18)17-16(19)13-4-6-15(7-5-13)21(3)20/h4-7,12,14H,8-11H2,1-3H3,(H,17,19)/t21-/m1/s1. The zero-order chi connectivity index (χ0) is 15.4. The average Bonchev–Trinajstić information content (AvgIpc) is 2.47. The fourth-order valence-electron chi connectivity index (χ4n) is 2.63. The van der Waals surface area contributed by atoms with Crippen molar-refractivity contribution in [2.45, 2.75) is 43.7 Å². The van der Waals surface area contributed by atoms with Crippen LogP contribution in [0.2, 0.25) is 0 Å². The Morgan fingerprint density at radius 1 is 1.24 bits per heavy atom. The normalized spacial score (nSPS) is 18.7. The van der Waals surface area contributed by atoms with Crippen LogP contribution < -0.4 is 5.32 Å². The molecule has 116 valence electrons. The zero-order valence-corrected chi connectivity index (χ0v) is 13.8. The summed E-state index contributed by atoms with van der Waals surface area (Å²) in [6.45, 7) is 6.49. The Morgan fingerprint density at radius 2 is 1.81 bits per heavy atom. The van der Waals surface area contributed by atoms with Crippen molar-refractivity contribution in [1.82, 2.24) is 10.2 Å². The van der Waals surface area contributed by atoms with E-state index in [1.165, 1.54) is 0 Å². The highest BCUT2D eigenvalue weighted by atomic mass is 32.2. The number of piperidine rings is 1. The monoisotopic (exact) mass is 308 g/mol. The maximum atomic E-state index is 12.2. The first-order chi connectivity index (χ1) is 9.97. The van der Waals surface area contributed by atoms with Gasteiger partial charge in [0.15, 0.2) is 0 Å². The smallest absolute Gasteiger partial charge is 0.251 e. The van der Waals surface area contributed by atoms with E-state index >= 15 is 0 Å². The van der Waals surface area contributed by atoms with Gasteiger partial charge < -0.3 is 10.2 Å². The maximum absolute atomic E-state index is 12.2. The predicted octanol–water partition coefficient (Wildman–Crippen LogP) is 2.03. The van der Waals surface area contributed by atoms with E-state index in [0.29, 0.717) is 11.6 Å². The Balaban J connectivity index is 1.89. The second-order valence-corrected chi connectivity index (χ2v) is 7.24. The van der Waals surface area contributed by atoms with E-state index in [9.17, 15) is 9.00 Å². The fraction of sp³-hybridized carbons (Fsp3) is 0.562. The van der Waals surface area contributed by atoms with E-state index in [4.69, 9.17) is 0 Å². The highest BCUT2D eigenvalue weighted by molar-refractivity contribution is 7.84. The van der Waals surface area contributed by atoms with Gasteiger partial charge in [0.25, 0.3) is 5.91 Å². The van der Waals surface area contributed by atoms with Crippen molar-refractivity contribution in [2.75, 3.05) is 19.3 Å². The highest BCUT2D eigenvalue weighted by Crippen LogP contribution is 2.14. The summed E-state index contributed by atoms with van der Waals surface area (Å²) in [6, 6.07) is 7.83. The van der Waals surface area contributed by atoms with Crippen LogP contribution in [0.5, 0.6) is 0 Å². The third kappa shape index (κ3) is 4.38. The Bertz CT molecular complexity index is 506. The first-order valence-electron chi connectivity index (χ1n) is 7.46.